The maximum absolute atomic E-state index is 12.0. The number of urea groups is 1. The van der Waals surface area contributed by atoms with Crippen LogP contribution in [0.15, 0.2) is 36.9 Å². The van der Waals surface area contributed by atoms with E-state index >= 15 is 0 Å². The molecule has 0 fully saturated rings. The molecule has 0 aliphatic carbocycles. The van der Waals surface area contributed by atoms with Gasteiger partial charge >= 0.3 is 6.03 Å². The van der Waals surface area contributed by atoms with E-state index in [-0.39, 0.29) is 19.2 Å². The van der Waals surface area contributed by atoms with Crippen LogP contribution in [-0.2, 0) is 11.3 Å². The first-order chi connectivity index (χ1) is 9.71. The summed E-state index contributed by atoms with van der Waals surface area (Å²) in [4.78, 5) is 13.5. The van der Waals surface area contributed by atoms with Crippen molar-refractivity contribution in [3.05, 3.63) is 42.5 Å². The fourth-order valence-electron chi connectivity index (χ4n) is 1.71. The van der Waals surface area contributed by atoms with Crippen molar-refractivity contribution in [1.29, 1.82) is 0 Å². The lowest BCUT2D eigenvalue weighted by molar-refractivity contribution is 0.134. The first kappa shape index (κ1) is 16.2. The molecule has 0 aromatic heterocycles. The van der Waals surface area contributed by atoms with E-state index < -0.39 is 0 Å². The minimum Gasteiger partial charge on any atom is -0.395 e. The average Bonchev–Trinajstić information content (AvgIpc) is 2.45. The van der Waals surface area contributed by atoms with Crippen LogP contribution in [0.3, 0.4) is 0 Å². The van der Waals surface area contributed by atoms with Crippen LogP contribution in [0.2, 0.25) is 0 Å². The number of benzene rings is 1. The van der Waals surface area contributed by atoms with Gasteiger partial charge < -0.3 is 20.1 Å². The summed E-state index contributed by atoms with van der Waals surface area (Å²) in [5, 5.41) is 11.7. The number of carbonyl (C=O) groups excluding carboxylic acids is 1. The smallest absolute Gasteiger partial charge is 0.322 e. The van der Waals surface area contributed by atoms with Crippen LogP contribution in [0.4, 0.5) is 10.5 Å². The van der Waals surface area contributed by atoms with Gasteiger partial charge in [0.15, 0.2) is 0 Å². The number of aliphatic hydroxyl groups excluding tert-OH is 1. The summed E-state index contributed by atoms with van der Waals surface area (Å²) in [5.41, 5.74) is 1.71. The Morgan fingerprint density at radius 1 is 1.55 bits per heavy atom. The maximum atomic E-state index is 12.0. The van der Waals surface area contributed by atoms with Crippen molar-refractivity contribution in [1.82, 2.24) is 4.90 Å². The molecule has 0 saturated heterocycles. The topological polar surface area (TPSA) is 61.8 Å². The molecule has 110 valence electrons. The van der Waals surface area contributed by atoms with Gasteiger partial charge in [0, 0.05) is 25.4 Å². The van der Waals surface area contributed by atoms with Gasteiger partial charge in [-0.15, -0.1) is 6.58 Å². The van der Waals surface area contributed by atoms with Crippen molar-refractivity contribution in [2.75, 3.05) is 31.6 Å². The zero-order valence-electron chi connectivity index (χ0n) is 11.8. The number of ether oxygens (including phenoxy) is 1. The summed E-state index contributed by atoms with van der Waals surface area (Å²) >= 11 is 0. The number of rotatable bonds is 8. The molecule has 1 aromatic carbocycles. The Balaban J connectivity index is 2.65. The second-order valence-corrected chi connectivity index (χ2v) is 4.23. The lowest BCUT2D eigenvalue weighted by atomic mass is 10.2. The van der Waals surface area contributed by atoms with Crippen molar-refractivity contribution in [2.24, 2.45) is 0 Å². The fraction of sp³-hybridized carbons (Fsp3) is 0.400. The number of amides is 2. The molecule has 0 aliphatic heterocycles. The summed E-state index contributed by atoms with van der Waals surface area (Å²) in [5.74, 6) is 0. The molecular weight excluding hydrogens is 256 g/mol. The van der Waals surface area contributed by atoms with E-state index in [1.807, 2.05) is 31.2 Å². The van der Waals surface area contributed by atoms with Crippen LogP contribution >= 0.6 is 0 Å². The second-order valence-electron chi connectivity index (χ2n) is 4.23. The number of hydrogen-bond donors (Lipinski definition) is 2. The quantitative estimate of drug-likeness (QED) is 0.717. The van der Waals surface area contributed by atoms with Gasteiger partial charge in [-0.2, -0.15) is 0 Å². The lowest BCUT2D eigenvalue weighted by Crippen LogP contribution is -2.37. The monoisotopic (exact) mass is 278 g/mol. The predicted molar refractivity (Wildman–Crippen MR) is 79.6 cm³/mol. The van der Waals surface area contributed by atoms with Gasteiger partial charge in [0.1, 0.15) is 0 Å². The Morgan fingerprint density at radius 2 is 2.35 bits per heavy atom. The van der Waals surface area contributed by atoms with Gasteiger partial charge in [-0.25, -0.2) is 4.79 Å². The van der Waals surface area contributed by atoms with Crippen molar-refractivity contribution >= 4 is 11.7 Å². The molecule has 0 atom stereocenters. The van der Waals surface area contributed by atoms with E-state index in [4.69, 9.17) is 9.84 Å². The van der Waals surface area contributed by atoms with Gasteiger partial charge in [0.25, 0.3) is 0 Å². The van der Waals surface area contributed by atoms with Crippen molar-refractivity contribution < 1.29 is 14.6 Å². The third kappa shape index (κ3) is 5.42. The molecule has 0 aliphatic rings. The predicted octanol–water partition coefficient (Wildman–Crippen LogP) is 2.24. The molecule has 0 heterocycles. The molecular formula is C15H22N2O3. The summed E-state index contributed by atoms with van der Waals surface area (Å²) in [6.45, 7) is 7.30. The summed E-state index contributed by atoms with van der Waals surface area (Å²) < 4.78 is 5.33. The fourth-order valence-corrected chi connectivity index (χ4v) is 1.71. The van der Waals surface area contributed by atoms with E-state index in [0.717, 1.165) is 5.56 Å². The van der Waals surface area contributed by atoms with E-state index in [0.29, 0.717) is 25.4 Å². The largest absolute Gasteiger partial charge is 0.395 e. The molecule has 0 bridgehead atoms. The van der Waals surface area contributed by atoms with Crippen LogP contribution in [0.25, 0.3) is 0 Å². The molecule has 1 rings (SSSR count). The van der Waals surface area contributed by atoms with Crippen LogP contribution in [-0.4, -0.2) is 42.3 Å². The Kier molecular flexibility index (Phi) is 7.39. The number of nitrogens with zero attached hydrogens (tertiary/aromatic N) is 1. The minimum atomic E-state index is -0.257. The number of anilines is 1. The SMILES string of the molecule is C=CCN(CCO)C(=O)Nc1cccc(COCC)c1. The zero-order valence-corrected chi connectivity index (χ0v) is 11.8. The van der Waals surface area contributed by atoms with E-state index in [1.54, 1.807) is 6.08 Å². The van der Waals surface area contributed by atoms with Crippen molar-refractivity contribution in [3.63, 3.8) is 0 Å². The van der Waals surface area contributed by atoms with Gasteiger partial charge in [-0.05, 0) is 24.6 Å². The number of hydrogen-bond acceptors (Lipinski definition) is 3. The molecule has 0 unspecified atom stereocenters. The van der Waals surface area contributed by atoms with E-state index in [9.17, 15) is 4.79 Å². The van der Waals surface area contributed by atoms with Crippen molar-refractivity contribution in [2.45, 2.75) is 13.5 Å². The molecule has 5 nitrogen and oxygen atoms in total. The first-order valence-corrected chi connectivity index (χ1v) is 6.65. The molecule has 20 heavy (non-hydrogen) atoms. The van der Waals surface area contributed by atoms with Crippen LogP contribution in [0, 0.1) is 0 Å². The average molecular weight is 278 g/mol. The molecule has 0 radical (unpaired) electrons. The van der Waals surface area contributed by atoms with Gasteiger partial charge in [0.05, 0.1) is 13.2 Å². The number of nitrogens with one attached hydrogen (secondary N) is 1. The molecule has 1 aromatic rings. The molecule has 5 heteroatoms. The van der Waals surface area contributed by atoms with Crippen LogP contribution in [0.1, 0.15) is 12.5 Å². The maximum Gasteiger partial charge on any atom is 0.322 e. The van der Waals surface area contributed by atoms with Crippen LogP contribution < -0.4 is 5.32 Å². The minimum absolute atomic E-state index is 0.0777. The Morgan fingerprint density at radius 3 is 3.00 bits per heavy atom. The van der Waals surface area contributed by atoms with Crippen molar-refractivity contribution in [3.8, 4) is 0 Å². The zero-order chi connectivity index (χ0) is 14.8. The number of carbonyl (C=O) groups is 1. The number of aliphatic hydroxyl groups is 1. The molecule has 0 saturated carbocycles. The Bertz CT molecular complexity index is 435. The van der Waals surface area contributed by atoms with Crippen LogP contribution in [0.5, 0.6) is 0 Å². The highest BCUT2D eigenvalue weighted by Crippen LogP contribution is 2.12. The van der Waals surface area contributed by atoms with Gasteiger partial charge in [0.2, 0.25) is 0 Å². The highest BCUT2D eigenvalue weighted by atomic mass is 16.5. The first-order valence-electron chi connectivity index (χ1n) is 6.65. The lowest BCUT2D eigenvalue weighted by Gasteiger charge is -2.20. The summed E-state index contributed by atoms with van der Waals surface area (Å²) in [6, 6.07) is 7.25. The Hall–Kier alpha value is -1.85. The molecule has 2 amide bonds. The van der Waals surface area contributed by atoms with E-state index in [2.05, 4.69) is 11.9 Å². The second kappa shape index (κ2) is 9.12. The standard InChI is InChI=1S/C15H22N2O3/c1-3-8-17(9-10-18)15(19)16-14-7-5-6-13(11-14)12-20-4-2/h3,5-7,11,18H,1,4,8-10,12H2,2H3,(H,16,19). The molecule has 0 spiro atoms. The normalized spacial score (nSPS) is 10.1. The van der Waals surface area contributed by atoms with Gasteiger partial charge in [-0.3, -0.25) is 0 Å². The Labute approximate surface area is 119 Å². The summed E-state index contributed by atoms with van der Waals surface area (Å²) in [7, 11) is 0. The summed E-state index contributed by atoms with van der Waals surface area (Å²) in [6.07, 6.45) is 1.63. The highest BCUT2D eigenvalue weighted by Gasteiger charge is 2.11. The molecule has 2 N–H and O–H groups in total. The third-order valence-corrected chi connectivity index (χ3v) is 2.66. The van der Waals surface area contributed by atoms with Gasteiger partial charge in [-0.1, -0.05) is 18.2 Å². The highest BCUT2D eigenvalue weighted by molar-refractivity contribution is 5.89. The third-order valence-electron chi connectivity index (χ3n) is 2.66. The van der Waals surface area contributed by atoms with E-state index in [1.165, 1.54) is 4.90 Å².